The summed E-state index contributed by atoms with van der Waals surface area (Å²) in [5.74, 6) is 1.34. The average molecular weight is 341 g/mol. The summed E-state index contributed by atoms with van der Waals surface area (Å²) in [6, 6.07) is 7.53. The van der Waals surface area contributed by atoms with Gasteiger partial charge >= 0.3 is 0 Å². The van der Waals surface area contributed by atoms with Gasteiger partial charge in [0.05, 0.1) is 16.3 Å². The number of carbonyl (C=O) groups excluding carboxylic acids is 1. The van der Waals surface area contributed by atoms with Gasteiger partial charge < -0.3 is 15.8 Å². The molecule has 0 atom stereocenters. The Morgan fingerprint density at radius 3 is 2.84 bits per heavy atom. The van der Waals surface area contributed by atoms with E-state index in [2.05, 4.69) is 10.3 Å². The third-order valence-corrected chi connectivity index (χ3v) is 4.93. The summed E-state index contributed by atoms with van der Waals surface area (Å²) >= 11 is 0. The number of nitrogen functional groups attached to an aromatic ring is 1. The number of hydrogen-bond acceptors (Lipinski definition) is 4. The number of amides is 1. The van der Waals surface area contributed by atoms with Gasteiger partial charge in [-0.15, -0.1) is 0 Å². The maximum Gasteiger partial charge on any atom is 0.229 e. The van der Waals surface area contributed by atoms with Gasteiger partial charge in [0, 0.05) is 17.9 Å². The van der Waals surface area contributed by atoms with Gasteiger partial charge in [-0.3, -0.25) is 9.78 Å². The largest absolute Gasteiger partial charge is 0.492 e. The van der Waals surface area contributed by atoms with Crippen molar-refractivity contribution in [3.05, 3.63) is 30.0 Å². The van der Waals surface area contributed by atoms with Crippen molar-refractivity contribution in [3.63, 3.8) is 0 Å². The maximum absolute atomic E-state index is 12.5. The molecule has 0 saturated heterocycles. The first-order valence-electron chi connectivity index (χ1n) is 8.94. The molecular weight excluding hydrogens is 314 g/mol. The average Bonchev–Trinajstić information content (AvgIpc) is 2.50. The van der Waals surface area contributed by atoms with Crippen molar-refractivity contribution in [2.45, 2.75) is 40.0 Å². The Kier molecular flexibility index (Phi) is 4.84. The van der Waals surface area contributed by atoms with Gasteiger partial charge in [-0.05, 0) is 57.7 Å². The number of nitrogens with one attached hydrogen (secondary N) is 1. The molecule has 1 heterocycles. The van der Waals surface area contributed by atoms with Crippen LogP contribution in [-0.2, 0) is 4.79 Å². The zero-order valence-electron chi connectivity index (χ0n) is 15.3. The minimum Gasteiger partial charge on any atom is -0.492 e. The normalized spacial score (nSPS) is 15.0. The van der Waals surface area contributed by atoms with Gasteiger partial charge in [0.2, 0.25) is 5.91 Å². The highest BCUT2D eigenvalue weighted by atomic mass is 16.5. The standard InChI is InChI=1S/C20H27N3O2/c1-13-10-15(21)18-16(23-13)8-5-9-17(18)25-12-20(2,3)19(24)22-11-14-6-4-7-14/h5,8-10,14H,4,6-7,11-12H2,1-3H3,(H2,21,23)(H,22,24). The quantitative estimate of drug-likeness (QED) is 0.844. The minimum atomic E-state index is -0.612. The Balaban J connectivity index is 1.69. The van der Waals surface area contributed by atoms with Crippen molar-refractivity contribution < 1.29 is 9.53 Å². The van der Waals surface area contributed by atoms with Gasteiger partial charge in [-0.1, -0.05) is 12.5 Å². The second kappa shape index (κ2) is 6.90. The van der Waals surface area contributed by atoms with Crippen LogP contribution in [0.2, 0.25) is 0 Å². The van der Waals surface area contributed by atoms with Crippen molar-refractivity contribution in [1.82, 2.24) is 10.3 Å². The zero-order valence-corrected chi connectivity index (χ0v) is 15.3. The van der Waals surface area contributed by atoms with Crippen molar-refractivity contribution in [2.24, 2.45) is 11.3 Å². The summed E-state index contributed by atoms with van der Waals surface area (Å²) in [5, 5.41) is 3.87. The number of hydrogen-bond donors (Lipinski definition) is 2. The van der Waals surface area contributed by atoms with E-state index < -0.39 is 5.41 Å². The van der Waals surface area contributed by atoms with Crippen LogP contribution < -0.4 is 15.8 Å². The van der Waals surface area contributed by atoms with E-state index in [9.17, 15) is 4.79 Å². The fourth-order valence-corrected chi connectivity index (χ4v) is 3.04. The molecule has 1 aliphatic carbocycles. The third kappa shape index (κ3) is 3.86. The number of aromatic nitrogens is 1. The molecule has 5 heteroatoms. The lowest BCUT2D eigenvalue weighted by atomic mass is 9.85. The monoisotopic (exact) mass is 341 g/mol. The third-order valence-electron chi connectivity index (χ3n) is 4.93. The van der Waals surface area contributed by atoms with E-state index in [4.69, 9.17) is 10.5 Å². The van der Waals surface area contributed by atoms with Gasteiger partial charge in [-0.25, -0.2) is 0 Å². The number of pyridine rings is 1. The van der Waals surface area contributed by atoms with E-state index in [1.54, 1.807) is 0 Å². The number of aryl methyl sites for hydroxylation is 1. The van der Waals surface area contributed by atoms with Crippen LogP contribution in [-0.4, -0.2) is 24.0 Å². The second-order valence-corrected chi connectivity index (χ2v) is 7.68. The second-order valence-electron chi connectivity index (χ2n) is 7.68. The maximum atomic E-state index is 12.5. The topological polar surface area (TPSA) is 77.2 Å². The van der Waals surface area contributed by atoms with Gasteiger partial charge in [0.1, 0.15) is 12.4 Å². The van der Waals surface area contributed by atoms with Gasteiger partial charge in [0.15, 0.2) is 0 Å². The smallest absolute Gasteiger partial charge is 0.229 e. The molecule has 1 aromatic carbocycles. The fraction of sp³-hybridized carbons (Fsp3) is 0.500. The van der Waals surface area contributed by atoms with Crippen LogP contribution in [0, 0.1) is 18.3 Å². The summed E-state index contributed by atoms with van der Waals surface area (Å²) in [7, 11) is 0. The predicted octanol–water partition coefficient (Wildman–Crippen LogP) is 3.45. The molecule has 0 aliphatic heterocycles. The van der Waals surface area contributed by atoms with Crippen LogP contribution in [0.1, 0.15) is 38.8 Å². The number of rotatable bonds is 6. The molecule has 25 heavy (non-hydrogen) atoms. The zero-order chi connectivity index (χ0) is 18.0. The molecule has 0 bridgehead atoms. The Bertz CT molecular complexity index is 782. The summed E-state index contributed by atoms with van der Waals surface area (Å²) < 4.78 is 5.99. The fourth-order valence-electron chi connectivity index (χ4n) is 3.04. The highest BCUT2D eigenvalue weighted by Crippen LogP contribution is 2.31. The molecule has 3 N–H and O–H groups in total. The number of fused-ring (bicyclic) bond motifs is 1. The molecule has 5 nitrogen and oxygen atoms in total. The lowest BCUT2D eigenvalue weighted by Crippen LogP contribution is -2.43. The van der Waals surface area contributed by atoms with E-state index >= 15 is 0 Å². The predicted molar refractivity (Wildman–Crippen MR) is 101 cm³/mol. The summed E-state index contributed by atoms with van der Waals surface area (Å²) in [5.41, 5.74) is 7.87. The molecule has 0 radical (unpaired) electrons. The molecule has 134 valence electrons. The van der Waals surface area contributed by atoms with Gasteiger partial charge in [0.25, 0.3) is 0 Å². The number of anilines is 1. The van der Waals surface area contributed by atoms with Crippen LogP contribution >= 0.6 is 0 Å². The molecule has 1 saturated carbocycles. The number of nitrogens with two attached hydrogens (primary N) is 1. The van der Waals surface area contributed by atoms with E-state index in [1.165, 1.54) is 19.3 Å². The summed E-state index contributed by atoms with van der Waals surface area (Å²) in [6.45, 7) is 6.78. The number of nitrogens with zero attached hydrogens (tertiary/aromatic N) is 1. The Labute approximate surface area is 149 Å². The van der Waals surface area contributed by atoms with Crippen LogP contribution in [0.3, 0.4) is 0 Å². The molecule has 0 unspecified atom stereocenters. The molecular formula is C20H27N3O2. The van der Waals surface area contributed by atoms with E-state index in [0.717, 1.165) is 23.1 Å². The van der Waals surface area contributed by atoms with E-state index in [0.29, 0.717) is 17.4 Å². The molecule has 3 rings (SSSR count). The Morgan fingerprint density at radius 2 is 2.16 bits per heavy atom. The van der Waals surface area contributed by atoms with Crippen molar-refractivity contribution in [2.75, 3.05) is 18.9 Å². The molecule has 1 fully saturated rings. The number of benzene rings is 1. The lowest BCUT2D eigenvalue weighted by Gasteiger charge is -2.29. The minimum absolute atomic E-state index is 0.0292. The highest BCUT2D eigenvalue weighted by Gasteiger charge is 2.30. The molecule has 1 amide bonds. The van der Waals surface area contributed by atoms with Crippen molar-refractivity contribution in [3.8, 4) is 5.75 Å². The molecule has 0 spiro atoms. The van der Waals surface area contributed by atoms with Crippen LogP contribution in [0.15, 0.2) is 24.3 Å². The summed E-state index contributed by atoms with van der Waals surface area (Å²) in [4.78, 5) is 17.0. The van der Waals surface area contributed by atoms with E-state index in [-0.39, 0.29) is 12.5 Å². The lowest BCUT2D eigenvalue weighted by molar-refractivity contribution is -0.131. The number of carbonyl (C=O) groups is 1. The Morgan fingerprint density at radius 1 is 1.40 bits per heavy atom. The first-order valence-corrected chi connectivity index (χ1v) is 8.94. The van der Waals surface area contributed by atoms with Crippen molar-refractivity contribution in [1.29, 1.82) is 0 Å². The first kappa shape index (κ1) is 17.5. The molecule has 1 aliphatic rings. The van der Waals surface area contributed by atoms with Crippen LogP contribution in [0.5, 0.6) is 5.75 Å². The van der Waals surface area contributed by atoms with E-state index in [1.807, 2.05) is 45.0 Å². The van der Waals surface area contributed by atoms with Crippen molar-refractivity contribution >= 4 is 22.5 Å². The first-order chi connectivity index (χ1) is 11.9. The SMILES string of the molecule is Cc1cc(N)c2c(OCC(C)(C)C(=O)NCC3CCC3)cccc2n1. The summed E-state index contributed by atoms with van der Waals surface area (Å²) in [6.07, 6.45) is 3.72. The molecule has 1 aromatic heterocycles. The van der Waals surface area contributed by atoms with Crippen LogP contribution in [0.25, 0.3) is 10.9 Å². The van der Waals surface area contributed by atoms with Crippen LogP contribution in [0.4, 0.5) is 5.69 Å². The molecule has 2 aromatic rings. The van der Waals surface area contributed by atoms with Gasteiger partial charge in [-0.2, -0.15) is 0 Å². The highest BCUT2D eigenvalue weighted by molar-refractivity contribution is 5.95. The number of ether oxygens (including phenoxy) is 1. The Hall–Kier alpha value is -2.30.